The van der Waals surface area contributed by atoms with Gasteiger partial charge in [-0.2, -0.15) is 0 Å². The molecular formula is C27H25ClN2O5S. The number of nitrogens with zero attached hydrogens (tertiary/aromatic N) is 2. The Morgan fingerprint density at radius 3 is 2.67 bits per heavy atom. The number of hydrogen-bond donors (Lipinski definition) is 0. The molecule has 1 aromatic heterocycles. The third-order valence-electron chi connectivity index (χ3n) is 5.56. The van der Waals surface area contributed by atoms with E-state index in [2.05, 4.69) is 11.6 Å². The molecule has 0 N–H and O–H groups in total. The highest BCUT2D eigenvalue weighted by atomic mass is 35.5. The van der Waals surface area contributed by atoms with Gasteiger partial charge in [-0.15, -0.1) is 0 Å². The molecule has 0 amide bonds. The highest BCUT2D eigenvalue weighted by Crippen LogP contribution is 2.31. The number of allylic oxidation sites excluding steroid dienone is 1. The van der Waals surface area contributed by atoms with Crippen LogP contribution in [0.4, 0.5) is 0 Å². The molecule has 186 valence electrons. The van der Waals surface area contributed by atoms with Gasteiger partial charge >= 0.3 is 5.97 Å². The standard InChI is InChI=1S/C27H25ClN2O5S/c1-5-13-35-21-12-9-19(28)14-18(21)15-22-25(31)30-24(17-7-10-20(33-4)11-8-17)23(26(32)34-6-2)16(3)29-27(30)36-22/h5,7-12,14-15,24H,1,6,13H2,2-4H3/b22-15-/t24-/m0/s1. The second-order valence-electron chi connectivity index (χ2n) is 7.86. The minimum absolute atomic E-state index is 0.206. The number of halogens is 1. The molecule has 0 spiro atoms. The van der Waals surface area contributed by atoms with Crippen molar-refractivity contribution < 1.29 is 19.0 Å². The average Bonchev–Trinajstić information content (AvgIpc) is 3.17. The van der Waals surface area contributed by atoms with Crippen molar-refractivity contribution in [3.05, 3.63) is 102 Å². The van der Waals surface area contributed by atoms with Crippen LogP contribution < -0.4 is 24.4 Å². The van der Waals surface area contributed by atoms with E-state index in [-0.39, 0.29) is 12.2 Å². The molecule has 0 bridgehead atoms. The Hall–Kier alpha value is -3.62. The van der Waals surface area contributed by atoms with Crippen molar-refractivity contribution in [2.75, 3.05) is 20.3 Å². The number of carbonyl (C=O) groups is 1. The minimum Gasteiger partial charge on any atom is -0.497 e. The Kier molecular flexibility index (Phi) is 7.76. The number of esters is 1. The maximum absolute atomic E-state index is 13.8. The zero-order valence-corrected chi connectivity index (χ0v) is 21.7. The summed E-state index contributed by atoms with van der Waals surface area (Å²) in [5.41, 5.74) is 1.91. The number of benzene rings is 2. The summed E-state index contributed by atoms with van der Waals surface area (Å²) in [6, 6.07) is 11.7. The van der Waals surface area contributed by atoms with Gasteiger partial charge in [0.05, 0.1) is 35.6 Å². The third-order valence-corrected chi connectivity index (χ3v) is 6.78. The lowest BCUT2D eigenvalue weighted by Gasteiger charge is -2.24. The fourth-order valence-corrected chi connectivity index (χ4v) is 5.16. The van der Waals surface area contributed by atoms with Crippen molar-refractivity contribution in [1.29, 1.82) is 0 Å². The Balaban J connectivity index is 1.93. The van der Waals surface area contributed by atoms with Crippen LogP contribution in [0.2, 0.25) is 5.02 Å². The Morgan fingerprint density at radius 2 is 2.00 bits per heavy atom. The van der Waals surface area contributed by atoms with Crippen LogP contribution >= 0.6 is 22.9 Å². The van der Waals surface area contributed by atoms with E-state index in [1.807, 2.05) is 12.1 Å². The minimum atomic E-state index is -0.704. The first-order valence-electron chi connectivity index (χ1n) is 11.2. The van der Waals surface area contributed by atoms with Crippen molar-refractivity contribution in [2.24, 2.45) is 4.99 Å². The Morgan fingerprint density at radius 1 is 1.25 bits per heavy atom. The first-order chi connectivity index (χ1) is 17.4. The molecule has 2 heterocycles. The summed E-state index contributed by atoms with van der Waals surface area (Å²) < 4.78 is 18.3. The third kappa shape index (κ3) is 5.01. The van der Waals surface area contributed by atoms with Crippen LogP contribution in [0.15, 0.2) is 76.2 Å². The van der Waals surface area contributed by atoms with Gasteiger partial charge in [-0.3, -0.25) is 9.36 Å². The van der Waals surface area contributed by atoms with E-state index in [1.165, 1.54) is 15.9 Å². The molecule has 0 radical (unpaired) electrons. The van der Waals surface area contributed by atoms with E-state index in [1.54, 1.807) is 63.4 Å². The SMILES string of the molecule is C=CCOc1ccc(Cl)cc1/C=c1\sc2n(c1=O)[C@@H](c1ccc(OC)cc1)C(C(=O)OCC)=C(C)N=2. The van der Waals surface area contributed by atoms with Gasteiger partial charge in [-0.1, -0.05) is 47.7 Å². The largest absolute Gasteiger partial charge is 0.497 e. The van der Waals surface area contributed by atoms with Crippen molar-refractivity contribution in [2.45, 2.75) is 19.9 Å². The van der Waals surface area contributed by atoms with Crippen LogP contribution in [-0.2, 0) is 9.53 Å². The smallest absolute Gasteiger partial charge is 0.338 e. The zero-order chi connectivity index (χ0) is 25.8. The zero-order valence-electron chi connectivity index (χ0n) is 20.1. The quantitative estimate of drug-likeness (QED) is 0.328. The molecule has 1 aliphatic rings. The molecule has 0 unspecified atom stereocenters. The first kappa shape index (κ1) is 25.5. The predicted octanol–water partition coefficient (Wildman–Crippen LogP) is 4.03. The number of methoxy groups -OCH3 is 1. The fourth-order valence-electron chi connectivity index (χ4n) is 3.95. The number of aromatic nitrogens is 1. The summed E-state index contributed by atoms with van der Waals surface area (Å²) in [6.45, 7) is 7.68. The van der Waals surface area contributed by atoms with Crippen LogP contribution in [-0.4, -0.2) is 30.9 Å². The molecular weight excluding hydrogens is 500 g/mol. The predicted molar refractivity (Wildman–Crippen MR) is 141 cm³/mol. The van der Waals surface area contributed by atoms with Gasteiger partial charge in [-0.25, -0.2) is 9.79 Å². The lowest BCUT2D eigenvalue weighted by atomic mass is 9.96. The van der Waals surface area contributed by atoms with E-state index < -0.39 is 12.0 Å². The van der Waals surface area contributed by atoms with Crippen LogP contribution in [0.25, 0.3) is 6.08 Å². The number of hydrogen-bond acceptors (Lipinski definition) is 7. The molecule has 1 atom stereocenters. The maximum atomic E-state index is 13.8. The van der Waals surface area contributed by atoms with Crippen molar-refractivity contribution in [1.82, 2.24) is 4.57 Å². The molecule has 0 saturated carbocycles. The van der Waals surface area contributed by atoms with E-state index in [0.717, 1.165) is 5.56 Å². The highest BCUT2D eigenvalue weighted by molar-refractivity contribution is 7.07. The number of ether oxygens (including phenoxy) is 3. The maximum Gasteiger partial charge on any atom is 0.338 e. The lowest BCUT2D eigenvalue weighted by Crippen LogP contribution is -2.39. The van der Waals surface area contributed by atoms with Gasteiger partial charge in [0.25, 0.3) is 5.56 Å². The van der Waals surface area contributed by atoms with E-state index in [4.69, 9.17) is 25.8 Å². The van der Waals surface area contributed by atoms with Gasteiger partial charge in [-0.05, 0) is 55.8 Å². The molecule has 36 heavy (non-hydrogen) atoms. The molecule has 9 heteroatoms. The van der Waals surface area contributed by atoms with Crippen LogP contribution in [0.1, 0.15) is 31.0 Å². The molecule has 2 aromatic carbocycles. The first-order valence-corrected chi connectivity index (χ1v) is 12.4. The molecule has 0 fully saturated rings. The number of rotatable bonds is 8. The number of fused-ring (bicyclic) bond motifs is 1. The Labute approximate surface area is 217 Å². The van der Waals surface area contributed by atoms with E-state index in [9.17, 15) is 9.59 Å². The van der Waals surface area contributed by atoms with E-state index in [0.29, 0.717) is 49.3 Å². The molecule has 1 aliphatic heterocycles. The monoisotopic (exact) mass is 524 g/mol. The van der Waals surface area contributed by atoms with Crippen molar-refractivity contribution in [3.8, 4) is 11.5 Å². The summed E-state index contributed by atoms with van der Waals surface area (Å²) in [7, 11) is 1.58. The van der Waals surface area contributed by atoms with Crippen LogP contribution in [0, 0.1) is 0 Å². The summed E-state index contributed by atoms with van der Waals surface area (Å²) in [6.07, 6.45) is 3.36. The number of carbonyl (C=O) groups excluding carboxylic acids is 1. The summed E-state index contributed by atoms with van der Waals surface area (Å²) in [5, 5.41) is 0.511. The summed E-state index contributed by atoms with van der Waals surface area (Å²) >= 11 is 7.46. The average molecular weight is 525 g/mol. The van der Waals surface area contributed by atoms with Gasteiger partial charge < -0.3 is 14.2 Å². The highest BCUT2D eigenvalue weighted by Gasteiger charge is 2.33. The van der Waals surface area contributed by atoms with Gasteiger partial charge in [0.15, 0.2) is 4.80 Å². The molecule has 7 nitrogen and oxygen atoms in total. The topological polar surface area (TPSA) is 79.1 Å². The van der Waals surface area contributed by atoms with Gasteiger partial charge in [0, 0.05) is 10.6 Å². The summed E-state index contributed by atoms with van der Waals surface area (Å²) in [5.74, 6) is 0.724. The molecule has 3 aromatic rings. The Bertz CT molecular complexity index is 1520. The lowest BCUT2D eigenvalue weighted by molar-refractivity contribution is -0.139. The summed E-state index contributed by atoms with van der Waals surface area (Å²) in [4.78, 5) is 31.8. The molecule has 4 rings (SSSR count). The van der Waals surface area contributed by atoms with Crippen molar-refractivity contribution in [3.63, 3.8) is 0 Å². The normalized spacial score (nSPS) is 15.2. The van der Waals surface area contributed by atoms with Crippen molar-refractivity contribution >= 4 is 35.0 Å². The second-order valence-corrected chi connectivity index (χ2v) is 9.30. The second kappa shape index (κ2) is 11.0. The van der Waals surface area contributed by atoms with Gasteiger partial charge in [0.2, 0.25) is 0 Å². The molecule has 0 aliphatic carbocycles. The van der Waals surface area contributed by atoms with Gasteiger partial charge in [0.1, 0.15) is 18.1 Å². The number of thiazole rings is 1. The fraction of sp³-hybridized carbons (Fsp3) is 0.222. The van der Waals surface area contributed by atoms with E-state index >= 15 is 0 Å². The van der Waals surface area contributed by atoms with Crippen LogP contribution in [0.3, 0.4) is 0 Å². The van der Waals surface area contributed by atoms with Crippen LogP contribution in [0.5, 0.6) is 11.5 Å². The molecule has 0 saturated heterocycles.